The number of aryl methyl sites for hydroxylation is 1. The molecule has 2 heterocycles. The third kappa shape index (κ3) is 3.48. The molecule has 122 valence electrons. The first-order chi connectivity index (χ1) is 11.2. The van der Waals surface area contributed by atoms with E-state index in [-0.39, 0.29) is 18.6 Å². The van der Waals surface area contributed by atoms with Gasteiger partial charge in [-0.15, -0.1) is 0 Å². The minimum Gasteiger partial charge on any atom is -0.482 e. The number of nitrogens with zero attached hydrogens (tertiary/aromatic N) is 3. The number of hydrogen-bond donors (Lipinski definition) is 1. The van der Waals surface area contributed by atoms with Crippen LogP contribution in [0.4, 0.5) is 0 Å². The smallest absolute Gasteiger partial charge is 0.261 e. The molecule has 1 aliphatic rings. The molecule has 1 aromatic heterocycles. The van der Waals surface area contributed by atoms with Crippen molar-refractivity contribution in [2.45, 2.75) is 6.04 Å². The highest BCUT2D eigenvalue weighted by atomic mass is 35.5. The number of nitrogens with one attached hydrogen (secondary N) is 1. The fourth-order valence-electron chi connectivity index (χ4n) is 2.72. The molecule has 23 heavy (non-hydrogen) atoms. The van der Waals surface area contributed by atoms with Gasteiger partial charge in [0, 0.05) is 39.1 Å². The second-order valence-corrected chi connectivity index (χ2v) is 5.83. The molecule has 1 aromatic carbocycles. The number of carbonyl (C=O) groups excluding carboxylic acids is 1. The summed E-state index contributed by atoms with van der Waals surface area (Å²) >= 11 is 6.05. The third-order valence-corrected chi connectivity index (χ3v) is 4.22. The van der Waals surface area contributed by atoms with Crippen LogP contribution in [0.5, 0.6) is 5.75 Å². The molecule has 0 bridgehead atoms. The zero-order chi connectivity index (χ0) is 16.2. The minimum atomic E-state index is -0.0916. The maximum atomic E-state index is 12.6. The van der Waals surface area contributed by atoms with Crippen molar-refractivity contribution in [3.05, 3.63) is 47.5 Å². The van der Waals surface area contributed by atoms with Gasteiger partial charge in [-0.3, -0.25) is 4.79 Å². The summed E-state index contributed by atoms with van der Waals surface area (Å²) in [4.78, 5) is 18.8. The molecule has 0 saturated carbocycles. The Balaban J connectivity index is 1.69. The number of rotatable bonds is 4. The third-order valence-electron chi connectivity index (χ3n) is 3.91. The van der Waals surface area contributed by atoms with Crippen LogP contribution < -0.4 is 10.1 Å². The molecule has 0 radical (unpaired) electrons. The molecule has 6 nitrogen and oxygen atoms in total. The van der Waals surface area contributed by atoms with Gasteiger partial charge in [-0.25, -0.2) is 4.98 Å². The molecule has 3 rings (SSSR count). The zero-order valence-electron chi connectivity index (χ0n) is 12.9. The average molecular weight is 335 g/mol. The summed E-state index contributed by atoms with van der Waals surface area (Å²) in [5, 5.41) is 3.81. The van der Waals surface area contributed by atoms with Crippen LogP contribution in [0.25, 0.3) is 0 Å². The van der Waals surface area contributed by atoms with Crippen LogP contribution in [0.1, 0.15) is 11.9 Å². The van der Waals surface area contributed by atoms with Gasteiger partial charge < -0.3 is 19.5 Å². The molecule has 1 fully saturated rings. The molecule has 1 N–H and O–H groups in total. The zero-order valence-corrected chi connectivity index (χ0v) is 13.7. The summed E-state index contributed by atoms with van der Waals surface area (Å²) < 4.78 is 7.51. The number of imidazole rings is 1. The molecule has 0 aliphatic carbocycles. The summed E-state index contributed by atoms with van der Waals surface area (Å²) in [6.07, 6.45) is 3.62. The first-order valence-corrected chi connectivity index (χ1v) is 7.89. The fourth-order valence-corrected chi connectivity index (χ4v) is 2.91. The van der Waals surface area contributed by atoms with E-state index in [1.807, 2.05) is 34.8 Å². The van der Waals surface area contributed by atoms with Crippen molar-refractivity contribution in [1.29, 1.82) is 0 Å². The quantitative estimate of drug-likeness (QED) is 0.923. The number of carbonyl (C=O) groups is 1. The number of amides is 1. The number of halogens is 1. The van der Waals surface area contributed by atoms with E-state index in [0.29, 0.717) is 23.9 Å². The first-order valence-electron chi connectivity index (χ1n) is 7.51. The first kappa shape index (κ1) is 15.8. The molecule has 1 saturated heterocycles. The van der Waals surface area contributed by atoms with Crippen molar-refractivity contribution < 1.29 is 9.53 Å². The van der Waals surface area contributed by atoms with Crippen LogP contribution >= 0.6 is 11.6 Å². The maximum absolute atomic E-state index is 12.6. The van der Waals surface area contributed by atoms with E-state index in [0.717, 1.165) is 12.4 Å². The van der Waals surface area contributed by atoms with E-state index in [2.05, 4.69) is 10.3 Å². The largest absolute Gasteiger partial charge is 0.482 e. The van der Waals surface area contributed by atoms with E-state index in [4.69, 9.17) is 16.3 Å². The van der Waals surface area contributed by atoms with Gasteiger partial charge in [-0.05, 0) is 12.1 Å². The van der Waals surface area contributed by atoms with Crippen LogP contribution in [0.2, 0.25) is 5.02 Å². The minimum absolute atomic E-state index is 0.0370. The van der Waals surface area contributed by atoms with Crippen molar-refractivity contribution in [2.24, 2.45) is 7.05 Å². The molecule has 1 aliphatic heterocycles. The van der Waals surface area contributed by atoms with E-state index in [1.165, 1.54) is 0 Å². The number of ether oxygens (including phenoxy) is 1. The van der Waals surface area contributed by atoms with E-state index >= 15 is 0 Å². The summed E-state index contributed by atoms with van der Waals surface area (Å²) in [5.41, 5.74) is 0. The van der Waals surface area contributed by atoms with Gasteiger partial charge >= 0.3 is 0 Å². The predicted molar refractivity (Wildman–Crippen MR) is 87.5 cm³/mol. The van der Waals surface area contributed by atoms with Gasteiger partial charge in [-0.2, -0.15) is 0 Å². The topological polar surface area (TPSA) is 59.4 Å². The lowest BCUT2D eigenvalue weighted by Gasteiger charge is -2.35. The second-order valence-electron chi connectivity index (χ2n) is 5.42. The monoisotopic (exact) mass is 334 g/mol. The Morgan fingerprint density at radius 2 is 2.30 bits per heavy atom. The standard InChI is InChI=1S/C16H19ClN4O2/c1-20-8-7-19-16(20)13-10-18-6-9-21(13)15(22)11-23-14-5-3-2-4-12(14)17/h2-5,7-8,13,18H,6,9-11H2,1H3. The van der Waals surface area contributed by atoms with Gasteiger partial charge in [0.25, 0.3) is 5.91 Å². The molecule has 7 heteroatoms. The lowest BCUT2D eigenvalue weighted by molar-refractivity contribution is -0.137. The molecule has 0 spiro atoms. The summed E-state index contributed by atoms with van der Waals surface area (Å²) in [5.74, 6) is 1.31. The van der Waals surface area contributed by atoms with E-state index in [1.54, 1.807) is 18.3 Å². The highest BCUT2D eigenvalue weighted by molar-refractivity contribution is 6.32. The van der Waals surface area contributed by atoms with Gasteiger partial charge in [-0.1, -0.05) is 23.7 Å². The van der Waals surface area contributed by atoms with Gasteiger partial charge in [0.15, 0.2) is 6.61 Å². The highest BCUT2D eigenvalue weighted by Crippen LogP contribution is 2.24. The molecular formula is C16H19ClN4O2. The Hall–Kier alpha value is -2.05. The summed E-state index contributed by atoms with van der Waals surface area (Å²) in [7, 11) is 1.93. The Bertz CT molecular complexity index is 688. The molecular weight excluding hydrogens is 316 g/mol. The van der Waals surface area contributed by atoms with Crippen molar-refractivity contribution >= 4 is 17.5 Å². The SMILES string of the molecule is Cn1ccnc1C1CNCCN1C(=O)COc1ccccc1Cl. The Morgan fingerprint density at radius 3 is 3.04 bits per heavy atom. The van der Waals surface area contributed by atoms with Crippen molar-refractivity contribution in [3.8, 4) is 5.75 Å². The number of aromatic nitrogens is 2. The van der Waals surface area contributed by atoms with Gasteiger partial charge in [0.05, 0.1) is 5.02 Å². The van der Waals surface area contributed by atoms with Crippen LogP contribution in [0, 0.1) is 0 Å². The Kier molecular flexibility index (Phi) is 4.83. The van der Waals surface area contributed by atoms with Crippen LogP contribution in [-0.4, -0.2) is 46.6 Å². The highest BCUT2D eigenvalue weighted by Gasteiger charge is 2.30. The Morgan fingerprint density at radius 1 is 1.48 bits per heavy atom. The number of para-hydroxylation sites is 1. The van der Waals surface area contributed by atoms with E-state index in [9.17, 15) is 4.79 Å². The van der Waals surface area contributed by atoms with Gasteiger partial charge in [0.2, 0.25) is 0 Å². The van der Waals surface area contributed by atoms with Crippen LogP contribution in [0.15, 0.2) is 36.7 Å². The molecule has 2 aromatic rings. The van der Waals surface area contributed by atoms with E-state index < -0.39 is 0 Å². The van der Waals surface area contributed by atoms with Crippen molar-refractivity contribution in [3.63, 3.8) is 0 Å². The van der Waals surface area contributed by atoms with Crippen molar-refractivity contribution in [1.82, 2.24) is 19.8 Å². The lowest BCUT2D eigenvalue weighted by atomic mass is 10.1. The molecule has 1 unspecified atom stereocenters. The maximum Gasteiger partial charge on any atom is 0.261 e. The van der Waals surface area contributed by atoms with Crippen LogP contribution in [0.3, 0.4) is 0 Å². The predicted octanol–water partition coefficient (Wildman–Crippen LogP) is 1.63. The second kappa shape index (κ2) is 7.02. The summed E-state index contributed by atoms with van der Waals surface area (Å²) in [6, 6.07) is 7.05. The number of piperazine rings is 1. The lowest BCUT2D eigenvalue weighted by Crippen LogP contribution is -2.50. The normalized spacial score (nSPS) is 18.0. The summed E-state index contributed by atoms with van der Waals surface area (Å²) in [6.45, 7) is 2.04. The fraction of sp³-hybridized carbons (Fsp3) is 0.375. The number of hydrogen-bond acceptors (Lipinski definition) is 4. The van der Waals surface area contributed by atoms with Crippen LogP contribution in [-0.2, 0) is 11.8 Å². The average Bonchev–Trinajstić information content (AvgIpc) is 3.00. The number of benzene rings is 1. The molecule has 1 atom stereocenters. The Labute approximate surface area is 140 Å². The van der Waals surface area contributed by atoms with Crippen molar-refractivity contribution in [2.75, 3.05) is 26.2 Å². The molecule has 1 amide bonds. The van der Waals surface area contributed by atoms with Gasteiger partial charge in [0.1, 0.15) is 17.6 Å².